The van der Waals surface area contributed by atoms with Gasteiger partial charge < -0.3 is 14.1 Å². The highest BCUT2D eigenvalue weighted by atomic mass is 16.5. The van der Waals surface area contributed by atoms with Gasteiger partial charge in [0.2, 0.25) is 0 Å². The number of benzene rings is 1. The number of amides is 1. The Morgan fingerprint density at radius 3 is 2.85 bits per heavy atom. The average Bonchev–Trinajstić information content (AvgIpc) is 2.65. The van der Waals surface area contributed by atoms with Gasteiger partial charge in [-0.2, -0.15) is 0 Å². The third kappa shape index (κ3) is 4.08. The second kappa shape index (κ2) is 7.82. The van der Waals surface area contributed by atoms with Crippen LogP contribution in [0, 0.1) is 0 Å². The molecule has 1 aromatic carbocycles. The molecule has 0 N–H and O–H groups in total. The lowest BCUT2D eigenvalue weighted by molar-refractivity contribution is -0.132. The van der Waals surface area contributed by atoms with Gasteiger partial charge in [-0.3, -0.25) is 9.78 Å². The summed E-state index contributed by atoms with van der Waals surface area (Å²) < 4.78 is 10.8. The number of fused-ring (bicyclic) bond motifs is 1. The minimum Gasteiger partial charge on any atom is -0.484 e. The van der Waals surface area contributed by atoms with Gasteiger partial charge in [0.1, 0.15) is 11.3 Å². The maximum Gasteiger partial charge on any atom is 0.336 e. The Balaban J connectivity index is 1.67. The van der Waals surface area contributed by atoms with Crippen molar-refractivity contribution in [2.24, 2.45) is 0 Å². The monoisotopic (exact) mass is 352 g/mol. The number of hydrogen-bond donors (Lipinski definition) is 0. The Morgan fingerprint density at radius 2 is 2.12 bits per heavy atom. The number of nitrogens with zero attached hydrogens (tertiary/aromatic N) is 2. The molecule has 134 valence electrons. The Morgan fingerprint density at radius 1 is 1.27 bits per heavy atom. The Kier molecular flexibility index (Phi) is 5.31. The zero-order valence-corrected chi connectivity index (χ0v) is 14.8. The van der Waals surface area contributed by atoms with E-state index in [1.165, 1.54) is 6.07 Å². The summed E-state index contributed by atoms with van der Waals surface area (Å²) in [4.78, 5) is 29.5. The zero-order valence-electron chi connectivity index (χ0n) is 14.8. The van der Waals surface area contributed by atoms with Crippen LogP contribution in [0.3, 0.4) is 0 Å². The molecular weight excluding hydrogens is 332 g/mol. The lowest BCUT2D eigenvalue weighted by Crippen LogP contribution is -2.30. The van der Waals surface area contributed by atoms with E-state index in [4.69, 9.17) is 9.15 Å². The largest absolute Gasteiger partial charge is 0.484 e. The topological polar surface area (TPSA) is 72.6 Å². The van der Waals surface area contributed by atoms with Crippen LogP contribution in [0.2, 0.25) is 0 Å². The van der Waals surface area contributed by atoms with Gasteiger partial charge in [-0.15, -0.1) is 0 Å². The van der Waals surface area contributed by atoms with E-state index in [1.807, 2.05) is 25.1 Å². The molecule has 0 radical (unpaired) electrons. The number of hydrogen-bond acceptors (Lipinski definition) is 5. The molecule has 0 unspecified atom stereocenters. The van der Waals surface area contributed by atoms with E-state index in [1.54, 1.807) is 36.5 Å². The molecule has 0 fully saturated rings. The summed E-state index contributed by atoms with van der Waals surface area (Å²) in [6.07, 6.45) is 4.15. The van der Waals surface area contributed by atoms with Crippen LogP contribution >= 0.6 is 0 Å². The number of aromatic nitrogens is 1. The van der Waals surface area contributed by atoms with Crippen LogP contribution in [0.4, 0.5) is 0 Å². The van der Waals surface area contributed by atoms with Gasteiger partial charge in [0.15, 0.2) is 6.61 Å². The predicted molar refractivity (Wildman–Crippen MR) is 98.1 cm³/mol. The Labute approximate surface area is 151 Å². The first kappa shape index (κ1) is 17.7. The first-order valence-corrected chi connectivity index (χ1v) is 8.39. The molecule has 26 heavy (non-hydrogen) atoms. The molecule has 6 nitrogen and oxygen atoms in total. The van der Waals surface area contributed by atoms with Crippen LogP contribution in [0.5, 0.6) is 5.75 Å². The van der Waals surface area contributed by atoms with Gasteiger partial charge in [0, 0.05) is 43.5 Å². The fourth-order valence-corrected chi connectivity index (χ4v) is 2.70. The van der Waals surface area contributed by atoms with Crippen molar-refractivity contribution in [3.8, 4) is 5.75 Å². The second-order valence-corrected chi connectivity index (χ2v) is 6.00. The van der Waals surface area contributed by atoms with E-state index < -0.39 is 5.63 Å². The van der Waals surface area contributed by atoms with E-state index in [0.717, 1.165) is 22.9 Å². The van der Waals surface area contributed by atoms with E-state index in [-0.39, 0.29) is 12.5 Å². The normalized spacial score (nSPS) is 10.7. The molecule has 0 spiro atoms. The molecule has 0 saturated carbocycles. The van der Waals surface area contributed by atoms with E-state index in [2.05, 4.69) is 4.98 Å². The summed E-state index contributed by atoms with van der Waals surface area (Å²) >= 11 is 0. The number of aryl methyl sites for hydroxylation is 1. The summed E-state index contributed by atoms with van der Waals surface area (Å²) in [5, 5.41) is 0.875. The molecular formula is C20H20N2O4. The molecule has 0 aliphatic heterocycles. The standard InChI is InChI=1S/C20H20N2O4/c1-3-15-9-20(24)26-18-10-16(6-7-17(15)18)25-13-19(23)22(2)12-14-5-4-8-21-11-14/h4-11H,3,12-13H2,1-2H3. The first-order valence-electron chi connectivity index (χ1n) is 8.39. The van der Waals surface area contributed by atoms with Gasteiger partial charge in [-0.25, -0.2) is 4.79 Å². The number of likely N-dealkylation sites (N-methyl/N-ethyl adjacent to an activating group) is 1. The quantitative estimate of drug-likeness (QED) is 0.638. The second-order valence-electron chi connectivity index (χ2n) is 6.00. The number of pyridine rings is 1. The van der Waals surface area contributed by atoms with Gasteiger partial charge in [-0.1, -0.05) is 13.0 Å². The molecule has 2 aromatic heterocycles. The van der Waals surface area contributed by atoms with Gasteiger partial charge >= 0.3 is 5.63 Å². The highest BCUT2D eigenvalue weighted by molar-refractivity contribution is 5.82. The van der Waals surface area contributed by atoms with Crippen LogP contribution in [0.1, 0.15) is 18.1 Å². The van der Waals surface area contributed by atoms with Crippen LogP contribution in [-0.2, 0) is 17.8 Å². The fourth-order valence-electron chi connectivity index (χ4n) is 2.70. The third-order valence-corrected chi connectivity index (χ3v) is 4.11. The van der Waals surface area contributed by atoms with Crippen molar-refractivity contribution >= 4 is 16.9 Å². The smallest absolute Gasteiger partial charge is 0.336 e. The molecule has 0 atom stereocenters. The van der Waals surface area contributed by atoms with Gasteiger partial charge in [0.25, 0.3) is 5.91 Å². The molecule has 6 heteroatoms. The first-order chi connectivity index (χ1) is 12.6. The van der Waals surface area contributed by atoms with Crippen molar-refractivity contribution in [2.45, 2.75) is 19.9 Å². The lowest BCUT2D eigenvalue weighted by Gasteiger charge is -2.17. The van der Waals surface area contributed by atoms with Crippen LogP contribution in [-0.4, -0.2) is 29.4 Å². The molecule has 2 heterocycles. The Hall–Kier alpha value is -3.15. The average molecular weight is 352 g/mol. The molecule has 0 bridgehead atoms. The van der Waals surface area contributed by atoms with Gasteiger partial charge in [0.05, 0.1) is 0 Å². The summed E-state index contributed by atoms with van der Waals surface area (Å²) in [6.45, 7) is 2.35. The molecule has 3 aromatic rings. The van der Waals surface area contributed by atoms with E-state index in [0.29, 0.717) is 17.9 Å². The van der Waals surface area contributed by atoms with Crippen LogP contribution < -0.4 is 10.4 Å². The van der Waals surface area contributed by atoms with E-state index in [9.17, 15) is 9.59 Å². The number of rotatable bonds is 6. The number of carbonyl (C=O) groups excluding carboxylic acids is 1. The molecule has 3 rings (SSSR count). The summed E-state index contributed by atoms with van der Waals surface area (Å²) in [7, 11) is 1.71. The summed E-state index contributed by atoms with van der Waals surface area (Å²) in [5.74, 6) is 0.328. The van der Waals surface area contributed by atoms with Crippen molar-refractivity contribution in [1.29, 1.82) is 0 Å². The zero-order chi connectivity index (χ0) is 18.5. The highest BCUT2D eigenvalue weighted by Gasteiger charge is 2.11. The minimum atomic E-state index is -0.390. The molecule has 0 aliphatic carbocycles. The summed E-state index contributed by atoms with van der Waals surface area (Å²) in [5.41, 5.74) is 1.94. The van der Waals surface area contributed by atoms with Crippen LogP contribution in [0.25, 0.3) is 11.0 Å². The van der Waals surface area contributed by atoms with E-state index >= 15 is 0 Å². The number of carbonyl (C=O) groups is 1. The maximum atomic E-state index is 12.2. The molecule has 0 aliphatic rings. The fraction of sp³-hybridized carbons (Fsp3) is 0.250. The lowest BCUT2D eigenvalue weighted by atomic mass is 10.1. The van der Waals surface area contributed by atoms with Gasteiger partial charge in [-0.05, 0) is 35.7 Å². The maximum absolute atomic E-state index is 12.2. The predicted octanol–water partition coefficient (Wildman–Crippen LogP) is 2.79. The van der Waals surface area contributed by atoms with Crippen molar-refractivity contribution in [3.05, 3.63) is 70.3 Å². The van der Waals surface area contributed by atoms with Crippen molar-refractivity contribution in [3.63, 3.8) is 0 Å². The Bertz CT molecular complexity index is 966. The summed E-state index contributed by atoms with van der Waals surface area (Å²) in [6, 6.07) is 10.5. The SMILES string of the molecule is CCc1cc(=O)oc2cc(OCC(=O)N(C)Cc3cccnc3)ccc12. The third-order valence-electron chi connectivity index (χ3n) is 4.11. The van der Waals surface area contributed by atoms with Crippen LogP contribution in [0.15, 0.2) is 58.0 Å². The van der Waals surface area contributed by atoms with Crippen molar-refractivity contribution < 1.29 is 13.9 Å². The molecule has 1 amide bonds. The van der Waals surface area contributed by atoms with Crippen molar-refractivity contribution in [1.82, 2.24) is 9.88 Å². The highest BCUT2D eigenvalue weighted by Crippen LogP contribution is 2.23. The molecule has 0 saturated heterocycles. The number of ether oxygens (including phenoxy) is 1. The van der Waals surface area contributed by atoms with Crippen molar-refractivity contribution in [2.75, 3.05) is 13.7 Å². The minimum absolute atomic E-state index is 0.0973.